The SMILES string of the molecule is CCOC(=O)N1CCC(NC(=O)c2c(C)[nH]c3cc(F)ccc23)CC1. The molecule has 25 heavy (non-hydrogen) atoms. The van der Waals surface area contributed by atoms with Crippen molar-refractivity contribution in [3.63, 3.8) is 0 Å². The molecule has 6 nitrogen and oxygen atoms in total. The van der Waals surface area contributed by atoms with Gasteiger partial charge in [-0.2, -0.15) is 0 Å². The fourth-order valence-electron chi connectivity index (χ4n) is 3.28. The molecule has 0 saturated carbocycles. The number of piperidine rings is 1. The summed E-state index contributed by atoms with van der Waals surface area (Å²) in [5.74, 6) is -0.517. The first-order valence-corrected chi connectivity index (χ1v) is 8.50. The quantitative estimate of drug-likeness (QED) is 0.896. The molecule has 2 aromatic rings. The number of amides is 2. The third kappa shape index (κ3) is 3.60. The number of aryl methyl sites for hydroxylation is 1. The number of aromatic amines is 1. The highest BCUT2D eigenvalue weighted by Gasteiger charge is 2.26. The lowest BCUT2D eigenvalue weighted by Crippen LogP contribution is -2.46. The number of benzene rings is 1. The molecular formula is C18H22FN3O3. The number of ether oxygens (including phenoxy) is 1. The number of carbonyl (C=O) groups excluding carboxylic acids is 2. The summed E-state index contributed by atoms with van der Waals surface area (Å²) < 4.78 is 18.3. The second-order valence-electron chi connectivity index (χ2n) is 6.25. The van der Waals surface area contributed by atoms with Gasteiger partial charge in [-0.15, -0.1) is 0 Å². The molecule has 0 bridgehead atoms. The first-order chi connectivity index (χ1) is 12.0. The minimum atomic E-state index is -0.341. The number of halogens is 1. The molecule has 0 spiro atoms. The summed E-state index contributed by atoms with van der Waals surface area (Å²) in [7, 11) is 0. The van der Waals surface area contributed by atoms with E-state index in [9.17, 15) is 14.0 Å². The zero-order valence-corrected chi connectivity index (χ0v) is 14.4. The van der Waals surface area contributed by atoms with E-state index in [1.165, 1.54) is 12.1 Å². The maximum absolute atomic E-state index is 13.3. The predicted octanol–water partition coefficient (Wildman–Crippen LogP) is 2.97. The van der Waals surface area contributed by atoms with Gasteiger partial charge in [-0.05, 0) is 44.9 Å². The van der Waals surface area contributed by atoms with Crippen LogP contribution in [0, 0.1) is 12.7 Å². The summed E-state index contributed by atoms with van der Waals surface area (Å²) in [6, 6.07) is 4.36. The van der Waals surface area contributed by atoms with Gasteiger partial charge in [0.2, 0.25) is 0 Å². The molecule has 3 rings (SSSR count). The highest BCUT2D eigenvalue weighted by molar-refractivity contribution is 6.08. The molecule has 0 unspecified atom stereocenters. The number of nitrogens with one attached hydrogen (secondary N) is 2. The standard InChI is InChI=1S/C18H22FN3O3/c1-3-25-18(24)22-8-6-13(7-9-22)21-17(23)16-11(2)20-15-10-12(19)4-5-14(15)16/h4-5,10,13,20H,3,6-9H2,1-2H3,(H,21,23). The van der Waals surface area contributed by atoms with E-state index in [0.717, 1.165) is 0 Å². The lowest BCUT2D eigenvalue weighted by molar-refractivity contribution is 0.0861. The minimum Gasteiger partial charge on any atom is -0.450 e. The lowest BCUT2D eigenvalue weighted by atomic mass is 10.0. The van der Waals surface area contributed by atoms with Crippen LogP contribution in [0.3, 0.4) is 0 Å². The Morgan fingerprint density at radius 3 is 2.76 bits per heavy atom. The molecule has 0 aliphatic carbocycles. The first kappa shape index (κ1) is 17.3. The Bertz CT molecular complexity index is 794. The van der Waals surface area contributed by atoms with E-state index < -0.39 is 0 Å². The van der Waals surface area contributed by atoms with Crippen molar-refractivity contribution in [2.24, 2.45) is 0 Å². The molecule has 1 aromatic heterocycles. The van der Waals surface area contributed by atoms with Gasteiger partial charge in [0.15, 0.2) is 0 Å². The van der Waals surface area contributed by atoms with Gasteiger partial charge >= 0.3 is 6.09 Å². The monoisotopic (exact) mass is 347 g/mol. The van der Waals surface area contributed by atoms with Crippen molar-refractivity contribution < 1.29 is 18.7 Å². The van der Waals surface area contributed by atoms with Gasteiger partial charge in [-0.1, -0.05) is 0 Å². The van der Waals surface area contributed by atoms with Crippen LogP contribution in [0.5, 0.6) is 0 Å². The third-order valence-electron chi connectivity index (χ3n) is 4.53. The molecule has 0 radical (unpaired) electrons. The van der Waals surface area contributed by atoms with Crippen LogP contribution >= 0.6 is 0 Å². The normalized spacial score (nSPS) is 15.4. The second-order valence-corrected chi connectivity index (χ2v) is 6.25. The van der Waals surface area contributed by atoms with Gasteiger partial charge in [0.05, 0.1) is 12.2 Å². The van der Waals surface area contributed by atoms with Crippen LogP contribution in [0.15, 0.2) is 18.2 Å². The van der Waals surface area contributed by atoms with Crippen molar-refractivity contribution >= 4 is 22.9 Å². The first-order valence-electron chi connectivity index (χ1n) is 8.50. The Kier molecular flexibility index (Phi) is 4.92. The van der Waals surface area contributed by atoms with E-state index in [1.807, 2.05) is 0 Å². The molecule has 1 aliphatic heterocycles. The smallest absolute Gasteiger partial charge is 0.409 e. The Balaban J connectivity index is 1.66. The third-order valence-corrected chi connectivity index (χ3v) is 4.53. The van der Waals surface area contributed by atoms with E-state index in [0.29, 0.717) is 54.7 Å². The predicted molar refractivity (Wildman–Crippen MR) is 92.1 cm³/mol. The van der Waals surface area contributed by atoms with Crippen LogP contribution in [-0.4, -0.2) is 47.6 Å². The summed E-state index contributed by atoms with van der Waals surface area (Å²) >= 11 is 0. The van der Waals surface area contributed by atoms with E-state index in [4.69, 9.17) is 4.74 Å². The maximum Gasteiger partial charge on any atom is 0.409 e. The fourth-order valence-corrected chi connectivity index (χ4v) is 3.28. The highest BCUT2D eigenvalue weighted by Crippen LogP contribution is 2.23. The number of carbonyl (C=O) groups is 2. The summed E-state index contributed by atoms with van der Waals surface area (Å²) in [6.45, 7) is 5.05. The van der Waals surface area contributed by atoms with Crippen LogP contribution in [-0.2, 0) is 4.74 Å². The number of likely N-dealkylation sites (tertiary alicyclic amines) is 1. The molecule has 2 N–H and O–H groups in total. The van der Waals surface area contributed by atoms with Crippen LogP contribution in [0.2, 0.25) is 0 Å². The van der Waals surface area contributed by atoms with E-state index in [1.54, 1.807) is 24.8 Å². The zero-order chi connectivity index (χ0) is 18.0. The van der Waals surface area contributed by atoms with Gasteiger partial charge in [-0.3, -0.25) is 4.79 Å². The van der Waals surface area contributed by atoms with Crippen molar-refractivity contribution in [1.29, 1.82) is 0 Å². The maximum atomic E-state index is 13.3. The summed E-state index contributed by atoms with van der Waals surface area (Å²) in [4.78, 5) is 29.1. The van der Waals surface area contributed by atoms with Crippen LogP contribution in [0.4, 0.5) is 9.18 Å². The largest absolute Gasteiger partial charge is 0.450 e. The van der Waals surface area contributed by atoms with Gasteiger partial charge in [0, 0.05) is 35.7 Å². The molecule has 1 saturated heterocycles. The lowest BCUT2D eigenvalue weighted by Gasteiger charge is -2.31. The van der Waals surface area contributed by atoms with Gasteiger partial charge in [0.25, 0.3) is 5.91 Å². The second kappa shape index (κ2) is 7.13. The van der Waals surface area contributed by atoms with Crippen molar-refractivity contribution in [3.05, 3.63) is 35.3 Å². The molecule has 7 heteroatoms. The number of hydrogen-bond donors (Lipinski definition) is 2. The van der Waals surface area contributed by atoms with E-state index in [2.05, 4.69) is 10.3 Å². The van der Waals surface area contributed by atoms with Crippen LogP contribution < -0.4 is 5.32 Å². The van der Waals surface area contributed by atoms with Gasteiger partial charge < -0.3 is 19.9 Å². The average Bonchev–Trinajstić information content (AvgIpc) is 2.90. The van der Waals surface area contributed by atoms with Gasteiger partial charge in [0.1, 0.15) is 5.82 Å². The molecule has 1 fully saturated rings. The van der Waals surface area contributed by atoms with E-state index in [-0.39, 0.29) is 23.9 Å². The number of hydrogen-bond acceptors (Lipinski definition) is 3. The number of nitrogens with zero attached hydrogens (tertiary/aromatic N) is 1. The topological polar surface area (TPSA) is 74.4 Å². The minimum absolute atomic E-state index is 0.00275. The zero-order valence-electron chi connectivity index (χ0n) is 14.4. The number of rotatable bonds is 3. The van der Waals surface area contributed by atoms with Crippen molar-refractivity contribution in [2.45, 2.75) is 32.7 Å². The summed E-state index contributed by atoms with van der Waals surface area (Å²) in [5, 5.41) is 3.74. The molecule has 2 heterocycles. The average molecular weight is 347 g/mol. The highest BCUT2D eigenvalue weighted by atomic mass is 19.1. The molecule has 1 aliphatic rings. The fraction of sp³-hybridized carbons (Fsp3) is 0.444. The molecule has 1 aromatic carbocycles. The van der Waals surface area contributed by atoms with Crippen molar-refractivity contribution in [2.75, 3.05) is 19.7 Å². The Morgan fingerprint density at radius 2 is 2.08 bits per heavy atom. The van der Waals surface area contributed by atoms with Crippen molar-refractivity contribution in [1.82, 2.24) is 15.2 Å². The van der Waals surface area contributed by atoms with E-state index >= 15 is 0 Å². The van der Waals surface area contributed by atoms with Crippen LogP contribution in [0.1, 0.15) is 35.8 Å². The molecule has 0 atom stereocenters. The molecule has 134 valence electrons. The van der Waals surface area contributed by atoms with Crippen LogP contribution in [0.25, 0.3) is 10.9 Å². The molecule has 2 amide bonds. The number of aromatic nitrogens is 1. The summed E-state index contributed by atoms with van der Waals surface area (Å²) in [5.41, 5.74) is 1.87. The Hall–Kier alpha value is -2.57. The van der Waals surface area contributed by atoms with Crippen molar-refractivity contribution in [3.8, 4) is 0 Å². The number of H-pyrrole nitrogens is 1. The van der Waals surface area contributed by atoms with Gasteiger partial charge in [-0.25, -0.2) is 9.18 Å². The summed E-state index contributed by atoms with van der Waals surface area (Å²) in [6.07, 6.45) is 1.06. The number of fused-ring (bicyclic) bond motifs is 1. The molecular weight excluding hydrogens is 325 g/mol. The Labute approximate surface area is 145 Å². The Morgan fingerprint density at radius 1 is 1.36 bits per heavy atom.